The molecule has 2 saturated heterocycles. The molecule has 1 aromatic heterocycles. The van der Waals surface area contributed by atoms with Gasteiger partial charge in [0.2, 0.25) is 0 Å². The minimum Gasteiger partial charge on any atom is -0.379 e. The van der Waals surface area contributed by atoms with Crippen LogP contribution in [0, 0.1) is 0 Å². The Hall–Kier alpha value is -1.92. The van der Waals surface area contributed by atoms with Gasteiger partial charge in [-0.1, -0.05) is 18.2 Å². The van der Waals surface area contributed by atoms with Crippen molar-refractivity contribution in [3.63, 3.8) is 0 Å². The fraction of sp³-hybridized carbons (Fsp3) is 0.500. The Labute approximate surface area is 129 Å². The summed E-state index contributed by atoms with van der Waals surface area (Å²) in [4.78, 5) is 9.28. The molecule has 2 aliphatic heterocycles. The zero-order chi connectivity index (χ0) is 14.8. The summed E-state index contributed by atoms with van der Waals surface area (Å²) in [6.45, 7) is 5.69. The first-order chi connectivity index (χ1) is 10.9. The van der Waals surface area contributed by atoms with Crippen LogP contribution < -0.4 is 4.90 Å². The van der Waals surface area contributed by atoms with E-state index < -0.39 is 0 Å². The first-order valence-corrected chi connectivity index (χ1v) is 7.86. The van der Waals surface area contributed by atoms with Crippen molar-refractivity contribution in [2.24, 2.45) is 0 Å². The lowest BCUT2D eigenvalue weighted by atomic mass is 10.2. The summed E-state index contributed by atoms with van der Waals surface area (Å²) in [6.07, 6.45) is 1.15. The number of benzene rings is 1. The largest absolute Gasteiger partial charge is 0.379 e. The zero-order valence-electron chi connectivity index (χ0n) is 12.5. The van der Waals surface area contributed by atoms with Gasteiger partial charge < -0.3 is 14.2 Å². The Bertz CT molecular complexity index is 610. The van der Waals surface area contributed by atoms with Gasteiger partial charge in [0.15, 0.2) is 0 Å². The van der Waals surface area contributed by atoms with Crippen molar-refractivity contribution >= 4 is 5.95 Å². The number of ether oxygens (including phenoxy) is 1. The number of anilines is 1. The van der Waals surface area contributed by atoms with E-state index >= 15 is 0 Å². The summed E-state index contributed by atoms with van der Waals surface area (Å²) in [7, 11) is 0. The van der Waals surface area contributed by atoms with Crippen molar-refractivity contribution in [1.29, 1.82) is 0 Å². The number of aromatic nitrogens is 2. The Morgan fingerprint density at radius 3 is 2.68 bits per heavy atom. The highest BCUT2D eigenvalue weighted by molar-refractivity contribution is 5.54. The average molecular weight is 300 g/mol. The predicted octanol–water partition coefficient (Wildman–Crippen LogP) is 1.65. The number of rotatable bonds is 3. The first kappa shape index (κ1) is 13.7. The molecule has 2 aromatic rings. The number of nitrogens with zero attached hydrogens (tertiary/aromatic N) is 4. The molecule has 2 aliphatic rings. The van der Waals surface area contributed by atoms with Crippen LogP contribution in [0.1, 0.15) is 6.42 Å². The van der Waals surface area contributed by atoms with Gasteiger partial charge in [-0.2, -0.15) is 4.98 Å². The SMILES string of the molecule is c1ccc(-c2nc(N3CCC(N4CCOCC4)C3)no2)cc1. The predicted molar refractivity (Wildman–Crippen MR) is 82.7 cm³/mol. The highest BCUT2D eigenvalue weighted by Gasteiger charge is 2.30. The molecule has 4 rings (SSSR count). The topological polar surface area (TPSA) is 54.6 Å². The minimum absolute atomic E-state index is 0.572. The van der Waals surface area contributed by atoms with Crippen molar-refractivity contribution in [2.45, 2.75) is 12.5 Å². The Kier molecular flexibility index (Phi) is 3.78. The molecule has 0 bridgehead atoms. The van der Waals surface area contributed by atoms with Crippen LogP contribution in [0.25, 0.3) is 11.5 Å². The number of morpholine rings is 1. The maximum absolute atomic E-state index is 5.43. The standard InChI is InChI=1S/C16H20N4O2/c1-2-4-13(5-3-1)15-17-16(18-22-15)20-7-6-14(12-20)19-8-10-21-11-9-19/h1-5,14H,6-12H2. The molecule has 0 aliphatic carbocycles. The van der Waals surface area contributed by atoms with Gasteiger partial charge in [-0.3, -0.25) is 4.90 Å². The minimum atomic E-state index is 0.572. The fourth-order valence-corrected chi connectivity index (χ4v) is 3.21. The second kappa shape index (κ2) is 6.06. The van der Waals surface area contributed by atoms with Gasteiger partial charge in [-0.05, 0) is 23.7 Å². The monoisotopic (exact) mass is 300 g/mol. The molecule has 116 valence electrons. The van der Waals surface area contributed by atoms with Gasteiger partial charge in [0.05, 0.1) is 13.2 Å². The van der Waals surface area contributed by atoms with Crippen LogP contribution in [0.3, 0.4) is 0 Å². The third-order valence-electron chi connectivity index (χ3n) is 4.44. The van der Waals surface area contributed by atoms with Crippen LogP contribution in [0.2, 0.25) is 0 Å². The summed E-state index contributed by atoms with van der Waals surface area (Å²) < 4.78 is 10.8. The summed E-state index contributed by atoms with van der Waals surface area (Å²) in [5, 5.41) is 4.15. The molecule has 0 saturated carbocycles. The van der Waals surface area contributed by atoms with Gasteiger partial charge in [0.25, 0.3) is 11.8 Å². The van der Waals surface area contributed by atoms with Crippen LogP contribution >= 0.6 is 0 Å². The third-order valence-corrected chi connectivity index (χ3v) is 4.44. The van der Waals surface area contributed by atoms with E-state index in [1.54, 1.807) is 0 Å². The number of hydrogen-bond donors (Lipinski definition) is 0. The van der Waals surface area contributed by atoms with Crippen molar-refractivity contribution in [1.82, 2.24) is 15.0 Å². The maximum Gasteiger partial charge on any atom is 0.266 e. The highest BCUT2D eigenvalue weighted by Crippen LogP contribution is 2.24. The Morgan fingerprint density at radius 2 is 1.86 bits per heavy atom. The summed E-state index contributed by atoms with van der Waals surface area (Å²) >= 11 is 0. The van der Waals surface area contributed by atoms with Crippen molar-refractivity contribution in [2.75, 3.05) is 44.3 Å². The van der Waals surface area contributed by atoms with Gasteiger partial charge in [-0.25, -0.2) is 0 Å². The molecule has 0 N–H and O–H groups in total. The molecule has 6 nitrogen and oxygen atoms in total. The molecule has 1 aromatic carbocycles. The normalized spacial score (nSPS) is 23.1. The summed E-state index contributed by atoms with van der Waals surface area (Å²) in [5.74, 6) is 1.29. The third kappa shape index (κ3) is 2.71. The molecule has 1 unspecified atom stereocenters. The van der Waals surface area contributed by atoms with Crippen LogP contribution in [0.4, 0.5) is 5.95 Å². The van der Waals surface area contributed by atoms with Crippen LogP contribution in [-0.4, -0.2) is 60.5 Å². The average Bonchev–Trinajstić information content (AvgIpc) is 3.26. The smallest absolute Gasteiger partial charge is 0.266 e. The molecule has 1 atom stereocenters. The quantitative estimate of drug-likeness (QED) is 0.859. The van der Waals surface area contributed by atoms with Crippen LogP contribution in [0.15, 0.2) is 34.9 Å². The van der Waals surface area contributed by atoms with E-state index in [0.717, 1.165) is 51.4 Å². The molecule has 6 heteroatoms. The molecule has 22 heavy (non-hydrogen) atoms. The lowest BCUT2D eigenvalue weighted by Gasteiger charge is -2.31. The van der Waals surface area contributed by atoms with Gasteiger partial charge in [0.1, 0.15) is 0 Å². The molecule has 0 spiro atoms. The summed E-state index contributed by atoms with van der Waals surface area (Å²) in [6, 6.07) is 10.5. The highest BCUT2D eigenvalue weighted by atomic mass is 16.5. The van der Waals surface area contributed by atoms with E-state index in [2.05, 4.69) is 19.9 Å². The van der Waals surface area contributed by atoms with E-state index in [-0.39, 0.29) is 0 Å². The van der Waals surface area contributed by atoms with Crippen molar-refractivity contribution < 1.29 is 9.26 Å². The van der Waals surface area contributed by atoms with E-state index in [4.69, 9.17) is 9.26 Å². The second-order valence-corrected chi connectivity index (χ2v) is 5.80. The Morgan fingerprint density at radius 1 is 1.05 bits per heavy atom. The second-order valence-electron chi connectivity index (χ2n) is 5.80. The fourth-order valence-electron chi connectivity index (χ4n) is 3.21. The van der Waals surface area contributed by atoms with E-state index in [0.29, 0.717) is 17.9 Å². The van der Waals surface area contributed by atoms with Crippen molar-refractivity contribution in [3.8, 4) is 11.5 Å². The molecule has 0 amide bonds. The lowest BCUT2D eigenvalue weighted by Crippen LogP contribution is -2.44. The van der Waals surface area contributed by atoms with Crippen molar-refractivity contribution in [3.05, 3.63) is 30.3 Å². The van der Waals surface area contributed by atoms with E-state index in [1.165, 1.54) is 0 Å². The first-order valence-electron chi connectivity index (χ1n) is 7.86. The molecule has 3 heterocycles. The van der Waals surface area contributed by atoms with Crippen LogP contribution in [0.5, 0.6) is 0 Å². The van der Waals surface area contributed by atoms with Crippen LogP contribution in [-0.2, 0) is 4.74 Å². The number of hydrogen-bond acceptors (Lipinski definition) is 6. The van der Waals surface area contributed by atoms with Gasteiger partial charge >= 0.3 is 0 Å². The van der Waals surface area contributed by atoms with Gasteiger partial charge in [0, 0.05) is 37.8 Å². The summed E-state index contributed by atoms with van der Waals surface area (Å²) in [5.41, 5.74) is 0.963. The molecule has 2 fully saturated rings. The van der Waals surface area contributed by atoms with E-state index in [1.807, 2.05) is 30.3 Å². The zero-order valence-corrected chi connectivity index (χ0v) is 12.5. The van der Waals surface area contributed by atoms with E-state index in [9.17, 15) is 0 Å². The Balaban J connectivity index is 1.44. The maximum atomic E-state index is 5.43. The molecule has 0 radical (unpaired) electrons. The molecular formula is C16H20N4O2. The van der Waals surface area contributed by atoms with Gasteiger partial charge in [-0.15, -0.1) is 0 Å². The molecular weight excluding hydrogens is 280 g/mol. The lowest BCUT2D eigenvalue weighted by molar-refractivity contribution is 0.0209.